The summed E-state index contributed by atoms with van der Waals surface area (Å²) in [4.78, 5) is 8.78. The van der Waals surface area contributed by atoms with E-state index >= 15 is 0 Å². The molecule has 10 heteroatoms. The molecular formula is C18H26ClIN6O2. The van der Waals surface area contributed by atoms with Crippen molar-refractivity contribution in [1.82, 2.24) is 25.4 Å². The highest BCUT2D eigenvalue weighted by molar-refractivity contribution is 14.0. The lowest BCUT2D eigenvalue weighted by Gasteiger charge is -2.25. The number of halogens is 2. The van der Waals surface area contributed by atoms with Crippen LogP contribution in [-0.4, -0.2) is 54.1 Å². The van der Waals surface area contributed by atoms with E-state index in [4.69, 9.17) is 21.1 Å². The van der Waals surface area contributed by atoms with Gasteiger partial charge >= 0.3 is 0 Å². The van der Waals surface area contributed by atoms with Crippen molar-refractivity contribution in [2.75, 3.05) is 27.3 Å². The Kier molecular flexibility index (Phi) is 9.26. The zero-order valence-corrected chi connectivity index (χ0v) is 19.1. The van der Waals surface area contributed by atoms with Crippen LogP contribution in [0.25, 0.3) is 0 Å². The lowest BCUT2D eigenvalue weighted by Crippen LogP contribution is -2.47. The minimum absolute atomic E-state index is 0. The van der Waals surface area contributed by atoms with Crippen LogP contribution in [0.5, 0.6) is 5.75 Å². The third kappa shape index (κ3) is 6.49. The van der Waals surface area contributed by atoms with Crippen molar-refractivity contribution in [3.8, 4) is 5.75 Å². The van der Waals surface area contributed by atoms with E-state index in [1.165, 1.54) is 0 Å². The third-order valence-electron chi connectivity index (χ3n) is 4.20. The quantitative estimate of drug-likeness (QED) is 0.252. The zero-order chi connectivity index (χ0) is 19.1. The first kappa shape index (κ1) is 22.7. The first-order chi connectivity index (χ1) is 13.2. The molecule has 1 unspecified atom stereocenters. The predicted molar refractivity (Wildman–Crippen MR) is 120 cm³/mol. The smallest absolute Gasteiger partial charge is 0.191 e. The molecule has 8 nitrogen and oxygen atoms in total. The molecule has 1 aromatic carbocycles. The summed E-state index contributed by atoms with van der Waals surface area (Å²) < 4.78 is 12.7. The second-order valence-corrected chi connectivity index (χ2v) is 6.68. The van der Waals surface area contributed by atoms with E-state index in [1.807, 2.05) is 22.9 Å². The van der Waals surface area contributed by atoms with Gasteiger partial charge in [0.05, 0.1) is 13.1 Å². The van der Waals surface area contributed by atoms with Crippen molar-refractivity contribution in [1.29, 1.82) is 0 Å². The fourth-order valence-electron chi connectivity index (χ4n) is 2.95. The second-order valence-electron chi connectivity index (χ2n) is 6.24. The van der Waals surface area contributed by atoms with E-state index in [1.54, 1.807) is 20.2 Å². The maximum Gasteiger partial charge on any atom is 0.191 e. The van der Waals surface area contributed by atoms with E-state index in [0.717, 1.165) is 42.7 Å². The Labute approximate surface area is 187 Å². The van der Waals surface area contributed by atoms with Gasteiger partial charge < -0.3 is 20.1 Å². The number of benzene rings is 1. The number of guanidine groups is 1. The van der Waals surface area contributed by atoms with Gasteiger partial charge in [-0.15, -0.1) is 24.0 Å². The van der Waals surface area contributed by atoms with Gasteiger partial charge in [-0.3, -0.25) is 4.99 Å². The highest BCUT2D eigenvalue weighted by Gasteiger charge is 2.22. The highest BCUT2D eigenvalue weighted by atomic mass is 127. The van der Waals surface area contributed by atoms with Crippen molar-refractivity contribution in [2.24, 2.45) is 4.99 Å². The van der Waals surface area contributed by atoms with Gasteiger partial charge in [0.15, 0.2) is 11.8 Å². The molecule has 0 saturated heterocycles. The van der Waals surface area contributed by atoms with Gasteiger partial charge in [-0.2, -0.15) is 5.10 Å². The minimum atomic E-state index is 0. The number of nitrogens with one attached hydrogen (secondary N) is 2. The maximum absolute atomic E-state index is 5.95. The van der Waals surface area contributed by atoms with Gasteiger partial charge in [-0.25, -0.2) is 9.67 Å². The molecule has 1 atom stereocenters. The molecular weight excluding hydrogens is 495 g/mol. The summed E-state index contributed by atoms with van der Waals surface area (Å²) >= 11 is 5.95. The van der Waals surface area contributed by atoms with Crippen molar-refractivity contribution >= 4 is 41.5 Å². The fraction of sp³-hybridized carbons (Fsp3) is 0.500. The predicted octanol–water partition coefficient (Wildman–Crippen LogP) is 2.25. The Balaban J connectivity index is 0.00000280. The average molecular weight is 521 g/mol. The topological polar surface area (TPSA) is 85.6 Å². The molecule has 1 aromatic heterocycles. The normalized spacial score (nSPS) is 16.1. The Hall–Kier alpha value is -1.59. The lowest BCUT2D eigenvalue weighted by molar-refractivity contribution is 0.177. The molecule has 1 aliphatic rings. The van der Waals surface area contributed by atoms with E-state index in [9.17, 15) is 0 Å². The van der Waals surface area contributed by atoms with Crippen LogP contribution in [0.4, 0.5) is 0 Å². The summed E-state index contributed by atoms with van der Waals surface area (Å²) in [6, 6.07) is 7.61. The van der Waals surface area contributed by atoms with Gasteiger partial charge in [-0.1, -0.05) is 17.7 Å². The number of fused-ring (bicyclic) bond motifs is 1. The van der Waals surface area contributed by atoms with Crippen LogP contribution in [0.2, 0.25) is 5.02 Å². The summed E-state index contributed by atoms with van der Waals surface area (Å²) in [5.41, 5.74) is 0. The number of rotatable bonds is 7. The summed E-state index contributed by atoms with van der Waals surface area (Å²) in [5, 5.41) is 11.9. The van der Waals surface area contributed by atoms with E-state index in [0.29, 0.717) is 24.8 Å². The standard InChI is InChI=1S/C18H25ClN6O2.HI/c1-20-18(21-8-9-27-15-5-3-4-13(19)10-15)22-14-6-7-17-23-16(12-26-2)24-25(17)11-14;/h3-5,10,14H,6-9,11-12H2,1-2H3,(H2,20,21,22);1H. The van der Waals surface area contributed by atoms with Gasteiger partial charge in [0.1, 0.15) is 24.8 Å². The van der Waals surface area contributed by atoms with Crippen LogP contribution < -0.4 is 15.4 Å². The lowest BCUT2D eigenvalue weighted by atomic mass is 10.1. The molecule has 0 amide bonds. The molecule has 28 heavy (non-hydrogen) atoms. The fourth-order valence-corrected chi connectivity index (χ4v) is 3.13. The SMILES string of the molecule is CN=C(NCCOc1cccc(Cl)c1)NC1CCc2nc(COC)nn2C1.I. The molecule has 0 saturated carbocycles. The largest absolute Gasteiger partial charge is 0.492 e. The van der Waals surface area contributed by atoms with Gasteiger partial charge in [-0.05, 0) is 24.6 Å². The number of hydrogen-bond acceptors (Lipinski definition) is 5. The second kappa shape index (κ2) is 11.4. The van der Waals surface area contributed by atoms with Crippen LogP contribution >= 0.6 is 35.6 Å². The molecule has 154 valence electrons. The molecule has 2 aromatic rings. The molecule has 0 aliphatic carbocycles. The van der Waals surface area contributed by atoms with Crippen molar-refractivity contribution < 1.29 is 9.47 Å². The molecule has 3 rings (SSSR count). The Bertz CT molecular complexity index is 785. The number of ether oxygens (including phenoxy) is 2. The Morgan fingerprint density at radius 1 is 1.43 bits per heavy atom. The molecule has 0 spiro atoms. The summed E-state index contributed by atoms with van der Waals surface area (Å²) in [5.74, 6) is 3.24. The Morgan fingerprint density at radius 3 is 3.04 bits per heavy atom. The van der Waals surface area contributed by atoms with E-state index in [-0.39, 0.29) is 30.0 Å². The first-order valence-electron chi connectivity index (χ1n) is 8.95. The van der Waals surface area contributed by atoms with Crippen molar-refractivity contribution in [2.45, 2.75) is 32.0 Å². The number of nitrogens with zero attached hydrogens (tertiary/aromatic N) is 4. The number of hydrogen-bond donors (Lipinski definition) is 2. The summed E-state index contributed by atoms with van der Waals surface area (Å²) in [7, 11) is 3.41. The zero-order valence-electron chi connectivity index (χ0n) is 16.0. The third-order valence-corrected chi connectivity index (χ3v) is 4.43. The van der Waals surface area contributed by atoms with Gasteiger partial charge in [0.25, 0.3) is 0 Å². The molecule has 1 aliphatic heterocycles. The highest BCUT2D eigenvalue weighted by Crippen LogP contribution is 2.16. The minimum Gasteiger partial charge on any atom is -0.492 e. The van der Waals surface area contributed by atoms with E-state index < -0.39 is 0 Å². The summed E-state index contributed by atoms with van der Waals surface area (Å²) in [6.07, 6.45) is 1.86. The van der Waals surface area contributed by atoms with Gasteiger partial charge in [0.2, 0.25) is 0 Å². The molecule has 0 bridgehead atoms. The first-order valence-corrected chi connectivity index (χ1v) is 9.33. The molecule has 0 radical (unpaired) electrons. The van der Waals surface area contributed by atoms with Crippen LogP contribution in [0.1, 0.15) is 18.1 Å². The van der Waals surface area contributed by atoms with E-state index in [2.05, 4.69) is 25.7 Å². The monoisotopic (exact) mass is 520 g/mol. The maximum atomic E-state index is 5.95. The number of methoxy groups -OCH3 is 1. The van der Waals surface area contributed by atoms with Crippen LogP contribution in [-0.2, 0) is 24.3 Å². The van der Waals surface area contributed by atoms with Crippen LogP contribution in [0.15, 0.2) is 29.3 Å². The number of aryl methyl sites for hydroxylation is 1. The molecule has 2 heterocycles. The van der Waals surface area contributed by atoms with Crippen LogP contribution in [0.3, 0.4) is 0 Å². The molecule has 0 fully saturated rings. The average Bonchev–Trinajstić information content (AvgIpc) is 3.06. The Morgan fingerprint density at radius 2 is 2.29 bits per heavy atom. The number of aromatic nitrogens is 3. The molecule has 2 N–H and O–H groups in total. The number of aliphatic imine (C=N–C) groups is 1. The van der Waals surface area contributed by atoms with Crippen molar-refractivity contribution in [3.05, 3.63) is 40.9 Å². The van der Waals surface area contributed by atoms with Gasteiger partial charge in [0, 0.05) is 31.6 Å². The summed E-state index contributed by atoms with van der Waals surface area (Å²) in [6.45, 7) is 2.34. The van der Waals surface area contributed by atoms with Crippen molar-refractivity contribution in [3.63, 3.8) is 0 Å². The van der Waals surface area contributed by atoms with Crippen LogP contribution in [0, 0.1) is 0 Å².